The Balaban J connectivity index is 2.28. The van der Waals surface area contributed by atoms with Crippen molar-refractivity contribution in [2.24, 2.45) is 5.92 Å². The molecular weight excluding hydrogens is 238 g/mol. The van der Waals surface area contributed by atoms with E-state index in [-0.39, 0.29) is 5.91 Å². The van der Waals surface area contributed by atoms with E-state index < -0.39 is 0 Å². The number of hydrogen-bond acceptors (Lipinski definition) is 3. The summed E-state index contributed by atoms with van der Waals surface area (Å²) in [5.41, 5.74) is 1.11. The maximum atomic E-state index is 11.8. The minimum Gasteiger partial charge on any atom is -0.354 e. The molecule has 4 heteroatoms. The van der Waals surface area contributed by atoms with Crippen LogP contribution in [0.3, 0.4) is 0 Å². The minimum absolute atomic E-state index is 0.0128. The number of aromatic nitrogens is 1. The van der Waals surface area contributed by atoms with E-state index >= 15 is 0 Å². The Bertz CT molecular complexity index is 470. The smallest absolute Gasteiger partial charge is 0.246 e. The highest BCUT2D eigenvalue weighted by molar-refractivity contribution is 5.87. The van der Waals surface area contributed by atoms with Gasteiger partial charge in [0.1, 0.15) is 5.82 Å². The van der Waals surface area contributed by atoms with Crippen LogP contribution in [0.1, 0.15) is 19.4 Å². The summed E-state index contributed by atoms with van der Waals surface area (Å²) < 4.78 is 0. The van der Waals surface area contributed by atoms with E-state index in [1.165, 1.54) is 6.08 Å². The van der Waals surface area contributed by atoms with Crippen molar-refractivity contribution >= 4 is 11.7 Å². The third-order valence-corrected chi connectivity index (χ3v) is 3.24. The van der Waals surface area contributed by atoms with E-state index in [1.54, 1.807) is 0 Å². The molecular formula is C15H21N3O. The van der Waals surface area contributed by atoms with E-state index in [2.05, 4.69) is 30.3 Å². The number of pyridine rings is 1. The molecule has 0 aromatic carbocycles. The average Bonchev–Trinajstić information content (AvgIpc) is 2.58. The zero-order valence-corrected chi connectivity index (χ0v) is 11.7. The minimum atomic E-state index is -0.0128. The number of nitrogens with zero attached hydrogens (tertiary/aromatic N) is 3. The second-order valence-electron chi connectivity index (χ2n) is 5.29. The van der Waals surface area contributed by atoms with Gasteiger partial charge in [-0.2, -0.15) is 0 Å². The lowest BCUT2D eigenvalue weighted by Crippen LogP contribution is -2.36. The van der Waals surface area contributed by atoms with E-state index in [1.807, 2.05) is 23.2 Å². The van der Waals surface area contributed by atoms with Gasteiger partial charge in [-0.1, -0.05) is 26.5 Å². The largest absolute Gasteiger partial charge is 0.354 e. The molecule has 0 spiro atoms. The van der Waals surface area contributed by atoms with Crippen molar-refractivity contribution in [3.8, 4) is 0 Å². The van der Waals surface area contributed by atoms with Gasteiger partial charge in [0.2, 0.25) is 5.91 Å². The van der Waals surface area contributed by atoms with Crippen molar-refractivity contribution in [3.63, 3.8) is 0 Å². The van der Waals surface area contributed by atoms with E-state index in [0.717, 1.165) is 24.5 Å². The fourth-order valence-electron chi connectivity index (χ4n) is 2.41. The maximum absolute atomic E-state index is 11.8. The zero-order valence-electron chi connectivity index (χ0n) is 11.7. The van der Waals surface area contributed by atoms with Gasteiger partial charge in [-0.15, -0.1) is 0 Å². The summed E-state index contributed by atoms with van der Waals surface area (Å²) in [5.74, 6) is 1.56. The van der Waals surface area contributed by atoms with Gasteiger partial charge in [-0.25, -0.2) is 4.98 Å². The second kappa shape index (κ2) is 5.87. The number of hydrogen-bond donors (Lipinski definition) is 0. The fourth-order valence-corrected chi connectivity index (χ4v) is 2.41. The lowest BCUT2D eigenvalue weighted by Gasteiger charge is -2.25. The molecule has 0 atom stereocenters. The van der Waals surface area contributed by atoms with Crippen molar-refractivity contribution in [1.29, 1.82) is 0 Å². The monoisotopic (exact) mass is 259 g/mol. The van der Waals surface area contributed by atoms with E-state index in [9.17, 15) is 4.79 Å². The van der Waals surface area contributed by atoms with Crippen LogP contribution in [-0.4, -0.2) is 35.4 Å². The third-order valence-electron chi connectivity index (χ3n) is 3.24. The molecule has 0 unspecified atom stereocenters. The first kappa shape index (κ1) is 13.6. The predicted octanol–water partition coefficient (Wildman–Crippen LogP) is 2.07. The topological polar surface area (TPSA) is 36.4 Å². The first-order chi connectivity index (χ1) is 9.11. The first-order valence-electron chi connectivity index (χ1n) is 6.72. The summed E-state index contributed by atoms with van der Waals surface area (Å²) in [7, 11) is 0. The molecule has 0 bridgehead atoms. The third kappa shape index (κ3) is 3.13. The maximum Gasteiger partial charge on any atom is 0.246 e. The standard InChI is InChI=1S/C15H21N3O/c1-4-14(19)17-8-9-18(10-12(2)3)15-13(11-17)6-5-7-16-15/h4-7,12H,1,8-11H2,2-3H3. The highest BCUT2D eigenvalue weighted by atomic mass is 16.2. The summed E-state index contributed by atoms with van der Waals surface area (Å²) in [5, 5.41) is 0. The Hall–Kier alpha value is -1.84. The van der Waals surface area contributed by atoms with Crippen LogP contribution in [0.15, 0.2) is 31.0 Å². The van der Waals surface area contributed by atoms with Gasteiger partial charge >= 0.3 is 0 Å². The molecule has 1 aliphatic rings. The number of carbonyl (C=O) groups is 1. The predicted molar refractivity (Wildman–Crippen MR) is 76.9 cm³/mol. The molecule has 19 heavy (non-hydrogen) atoms. The van der Waals surface area contributed by atoms with Crippen molar-refractivity contribution < 1.29 is 4.79 Å². The van der Waals surface area contributed by atoms with Crippen LogP contribution in [0.2, 0.25) is 0 Å². The molecule has 0 radical (unpaired) electrons. The number of rotatable bonds is 3. The van der Waals surface area contributed by atoms with Crippen LogP contribution in [0.5, 0.6) is 0 Å². The lowest BCUT2D eigenvalue weighted by molar-refractivity contribution is -0.126. The van der Waals surface area contributed by atoms with E-state index in [0.29, 0.717) is 19.0 Å². The molecule has 102 valence electrons. The van der Waals surface area contributed by atoms with Crippen LogP contribution < -0.4 is 4.90 Å². The quantitative estimate of drug-likeness (QED) is 0.780. The van der Waals surface area contributed by atoms with Gasteiger partial charge in [-0.3, -0.25) is 4.79 Å². The Morgan fingerprint density at radius 2 is 2.32 bits per heavy atom. The van der Waals surface area contributed by atoms with Crippen LogP contribution in [0.4, 0.5) is 5.82 Å². The molecule has 0 fully saturated rings. The van der Waals surface area contributed by atoms with Gasteiger partial charge in [0, 0.05) is 37.9 Å². The molecule has 1 aromatic heterocycles. The average molecular weight is 259 g/mol. The van der Waals surface area contributed by atoms with Gasteiger partial charge in [0.25, 0.3) is 0 Å². The molecule has 2 heterocycles. The van der Waals surface area contributed by atoms with Crippen molar-refractivity contribution in [2.75, 3.05) is 24.5 Å². The van der Waals surface area contributed by atoms with Crippen molar-refractivity contribution in [3.05, 3.63) is 36.5 Å². The van der Waals surface area contributed by atoms with Gasteiger partial charge < -0.3 is 9.80 Å². The molecule has 0 saturated heterocycles. The summed E-state index contributed by atoms with van der Waals surface area (Å²) in [6.45, 7) is 11.1. The molecule has 1 aromatic rings. The molecule has 0 aliphatic carbocycles. The lowest BCUT2D eigenvalue weighted by atomic mass is 10.2. The second-order valence-corrected chi connectivity index (χ2v) is 5.29. The van der Waals surface area contributed by atoms with Gasteiger partial charge in [-0.05, 0) is 18.1 Å². The summed E-state index contributed by atoms with van der Waals surface area (Å²) in [4.78, 5) is 20.4. The van der Waals surface area contributed by atoms with Crippen LogP contribution in [-0.2, 0) is 11.3 Å². The van der Waals surface area contributed by atoms with Crippen LogP contribution >= 0.6 is 0 Å². The Kier molecular flexibility index (Phi) is 4.20. The molecule has 2 rings (SSSR count). The number of amides is 1. The Morgan fingerprint density at radius 1 is 1.53 bits per heavy atom. The van der Waals surface area contributed by atoms with E-state index in [4.69, 9.17) is 0 Å². The van der Waals surface area contributed by atoms with Gasteiger partial charge in [0.05, 0.1) is 0 Å². The molecule has 1 aliphatic heterocycles. The zero-order chi connectivity index (χ0) is 13.8. The number of fused-ring (bicyclic) bond motifs is 1. The Labute approximate surface area is 114 Å². The highest BCUT2D eigenvalue weighted by Gasteiger charge is 2.22. The highest BCUT2D eigenvalue weighted by Crippen LogP contribution is 2.23. The Morgan fingerprint density at radius 3 is 3.00 bits per heavy atom. The molecule has 0 saturated carbocycles. The number of anilines is 1. The summed E-state index contributed by atoms with van der Waals surface area (Å²) >= 11 is 0. The van der Waals surface area contributed by atoms with Crippen molar-refractivity contribution in [2.45, 2.75) is 20.4 Å². The molecule has 1 amide bonds. The van der Waals surface area contributed by atoms with Gasteiger partial charge in [0.15, 0.2) is 0 Å². The summed E-state index contributed by atoms with van der Waals surface area (Å²) in [6.07, 6.45) is 3.20. The SMILES string of the molecule is C=CC(=O)N1CCN(CC(C)C)c2ncccc2C1. The summed E-state index contributed by atoms with van der Waals surface area (Å²) in [6, 6.07) is 3.97. The number of carbonyl (C=O) groups excluding carboxylic acids is 1. The first-order valence-corrected chi connectivity index (χ1v) is 6.72. The fraction of sp³-hybridized carbons (Fsp3) is 0.467. The van der Waals surface area contributed by atoms with Crippen LogP contribution in [0, 0.1) is 5.92 Å². The van der Waals surface area contributed by atoms with Crippen molar-refractivity contribution in [1.82, 2.24) is 9.88 Å². The normalized spacial score (nSPS) is 15.1. The molecule has 4 nitrogen and oxygen atoms in total. The molecule has 0 N–H and O–H groups in total. The van der Waals surface area contributed by atoms with Crippen LogP contribution in [0.25, 0.3) is 0 Å².